The van der Waals surface area contributed by atoms with Crippen LogP contribution < -0.4 is 0 Å². The van der Waals surface area contributed by atoms with E-state index in [0.717, 1.165) is 30.3 Å². The second-order valence-corrected chi connectivity index (χ2v) is 10.2. The average molecular weight is 416 g/mol. The minimum absolute atomic E-state index is 0.113. The van der Waals surface area contributed by atoms with Crippen molar-refractivity contribution in [1.82, 2.24) is 14.1 Å². The molecule has 0 bridgehead atoms. The summed E-state index contributed by atoms with van der Waals surface area (Å²) < 4.78 is 27.7. The van der Waals surface area contributed by atoms with Crippen LogP contribution in [0, 0.1) is 5.92 Å². The van der Waals surface area contributed by atoms with Crippen LogP contribution >= 0.6 is 0 Å². The van der Waals surface area contributed by atoms with Crippen molar-refractivity contribution >= 4 is 26.7 Å². The van der Waals surface area contributed by atoms with E-state index in [0.29, 0.717) is 43.5 Å². The number of benzene rings is 2. The first-order valence-electron chi connectivity index (χ1n) is 10.4. The highest BCUT2D eigenvalue weighted by atomic mass is 32.2. The molecule has 2 aliphatic rings. The van der Waals surface area contributed by atoms with Gasteiger partial charge in [-0.15, -0.1) is 0 Å². The molecule has 0 radical (unpaired) electrons. The summed E-state index contributed by atoms with van der Waals surface area (Å²) in [5.74, 6) is 0.752. The van der Waals surface area contributed by atoms with Gasteiger partial charge in [0.2, 0.25) is 15.9 Å². The van der Waals surface area contributed by atoms with Crippen LogP contribution in [0.5, 0.6) is 0 Å². The number of amides is 1. The maximum Gasteiger partial charge on any atom is 0.243 e. The molecule has 0 N–H and O–H groups in total. The maximum atomic E-state index is 13.1. The standard InChI is InChI=1S/C22H29N3O3S/c1-18-5-4-10-23(16-18)17-22(26)24-11-13-25(14-12-24)29(27,28)21-9-8-19-6-2-3-7-20(19)15-21/h2-3,6-9,15,18H,4-5,10-14,16-17H2,1H3/t18-/m1/s1. The third-order valence-corrected chi connectivity index (χ3v) is 7.94. The van der Waals surface area contributed by atoms with Crippen molar-refractivity contribution in [2.75, 3.05) is 45.8 Å². The number of likely N-dealkylation sites (tertiary alicyclic amines) is 1. The molecule has 29 heavy (non-hydrogen) atoms. The van der Waals surface area contributed by atoms with Crippen LogP contribution in [0.1, 0.15) is 19.8 Å². The van der Waals surface area contributed by atoms with Crippen LogP contribution in [-0.4, -0.2) is 74.2 Å². The van der Waals surface area contributed by atoms with Gasteiger partial charge in [0.05, 0.1) is 11.4 Å². The Hall–Kier alpha value is -1.96. The smallest absolute Gasteiger partial charge is 0.243 e. The largest absolute Gasteiger partial charge is 0.339 e. The molecule has 2 fully saturated rings. The Morgan fingerprint density at radius 3 is 2.45 bits per heavy atom. The second-order valence-electron chi connectivity index (χ2n) is 8.28. The van der Waals surface area contributed by atoms with Crippen LogP contribution in [-0.2, 0) is 14.8 Å². The van der Waals surface area contributed by atoms with Gasteiger partial charge < -0.3 is 4.90 Å². The lowest BCUT2D eigenvalue weighted by Crippen LogP contribution is -2.53. The molecule has 0 unspecified atom stereocenters. The van der Waals surface area contributed by atoms with Gasteiger partial charge >= 0.3 is 0 Å². The Labute approximate surface area is 173 Å². The Kier molecular flexibility index (Phi) is 5.90. The van der Waals surface area contributed by atoms with Crippen LogP contribution in [0.15, 0.2) is 47.4 Å². The SMILES string of the molecule is C[C@@H]1CCCN(CC(=O)N2CCN(S(=O)(=O)c3ccc4ccccc4c3)CC2)C1. The van der Waals surface area contributed by atoms with E-state index in [1.54, 1.807) is 12.1 Å². The van der Waals surface area contributed by atoms with Crippen molar-refractivity contribution in [2.45, 2.75) is 24.7 Å². The molecular weight excluding hydrogens is 386 g/mol. The molecule has 156 valence electrons. The fraction of sp³-hybridized carbons (Fsp3) is 0.500. The van der Waals surface area contributed by atoms with Crippen molar-refractivity contribution < 1.29 is 13.2 Å². The number of carbonyl (C=O) groups is 1. The summed E-state index contributed by atoms with van der Waals surface area (Å²) in [5, 5.41) is 1.94. The zero-order valence-electron chi connectivity index (χ0n) is 17.0. The van der Waals surface area contributed by atoms with E-state index in [2.05, 4.69) is 11.8 Å². The lowest BCUT2D eigenvalue weighted by molar-refractivity contribution is -0.134. The van der Waals surface area contributed by atoms with Gasteiger partial charge in [0.15, 0.2) is 0 Å². The van der Waals surface area contributed by atoms with Crippen molar-refractivity contribution in [3.05, 3.63) is 42.5 Å². The lowest BCUT2D eigenvalue weighted by Gasteiger charge is -2.36. The van der Waals surface area contributed by atoms with Gasteiger partial charge in [0.25, 0.3) is 0 Å². The summed E-state index contributed by atoms with van der Waals surface area (Å²) in [4.78, 5) is 17.0. The summed E-state index contributed by atoms with van der Waals surface area (Å²) in [6.45, 7) is 6.22. The fourth-order valence-corrected chi connectivity index (χ4v) is 5.83. The summed E-state index contributed by atoms with van der Waals surface area (Å²) >= 11 is 0. The summed E-state index contributed by atoms with van der Waals surface area (Å²) in [5.41, 5.74) is 0. The molecule has 2 aromatic rings. The third-order valence-electron chi connectivity index (χ3n) is 6.05. The number of hydrogen-bond acceptors (Lipinski definition) is 4. The summed E-state index contributed by atoms with van der Waals surface area (Å²) in [6, 6.07) is 13.0. The third kappa shape index (κ3) is 4.47. The van der Waals surface area contributed by atoms with Gasteiger partial charge in [-0.25, -0.2) is 8.42 Å². The molecule has 0 aromatic heterocycles. The molecule has 2 saturated heterocycles. The lowest BCUT2D eigenvalue weighted by atomic mass is 10.0. The number of carbonyl (C=O) groups excluding carboxylic acids is 1. The zero-order chi connectivity index (χ0) is 20.4. The molecule has 2 aromatic carbocycles. The number of nitrogens with zero attached hydrogens (tertiary/aromatic N) is 3. The molecule has 2 aliphatic heterocycles. The molecule has 0 spiro atoms. The van der Waals surface area contributed by atoms with Gasteiger partial charge in [0.1, 0.15) is 0 Å². The van der Waals surface area contributed by atoms with Crippen molar-refractivity contribution in [2.24, 2.45) is 5.92 Å². The van der Waals surface area contributed by atoms with Gasteiger partial charge in [-0.1, -0.05) is 37.3 Å². The molecule has 7 heteroatoms. The van der Waals surface area contributed by atoms with E-state index in [-0.39, 0.29) is 5.91 Å². The number of hydrogen-bond donors (Lipinski definition) is 0. The molecule has 6 nitrogen and oxygen atoms in total. The van der Waals surface area contributed by atoms with Crippen molar-refractivity contribution in [3.63, 3.8) is 0 Å². The topological polar surface area (TPSA) is 60.9 Å². The van der Waals surface area contributed by atoms with Gasteiger partial charge in [0, 0.05) is 32.7 Å². The van der Waals surface area contributed by atoms with Gasteiger partial charge in [-0.2, -0.15) is 4.31 Å². The molecular formula is C22H29N3O3S. The van der Waals surface area contributed by atoms with E-state index in [4.69, 9.17) is 0 Å². The van der Waals surface area contributed by atoms with Crippen LogP contribution in [0.4, 0.5) is 0 Å². The quantitative estimate of drug-likeness (QED) is 0.769. The minimum atomic E-state index is -3.55. The summed E-state index contributed by atoms with van der Waals surface area (Å²) in [6.07, 6.45) is 2.38. The number of piperidine rings is 1. The van der Waals surface area contributed by atoms with E-state index in [9.17, 15) is 13.2 Å². The van der Waals surface area contributed by atoms with E-state index < -0.39 is 10.0 Å². The summed E-state index contributed by atoms with van der Waals surface area (Å²) in [7, 11) is -3.55. The predicted octanol–water partition coefficient (Wildman–Crippen LogP) is 2.40. The van der Waals surface area contributed by atoms with E-state index >= 15 is 0 Å². The highest BCUT2D eigenvalue weighted by Gasteiger charge is 2.31. The first kappa shape index (κ1) is 20.3. The fourth-order valence-electron chi connectivity index (χ4n) is 4.38. The number of rotatable bonds is 4. The molecule has 0 aliphatic carbocycles. The Morgan fingerprint density at radius 2 is 1.72 bits per heavy atom. The zero-order valence-corrected chi connectivity index (χ0v) is 17.8. The normalized spacial score (nSPS) is 22.1. The molecule has 0 saturated carbocycles. The average Bonchev–Trinajstić information content (AvgIpc) is 2.73. The van der Waals surface area contributed by atoms with Crippen LogP contribution in [0.3, 0.4) is 0 Å². The van der Waals surface area contributed by atoms with E-state index in [1.165, 1.54) is 10.7 Å². The van der Waals surface area contributed by atoms with Gasteiger partial charge in [-0.3, -0.25) is 9.69 Å². The van der Waals surface area contributed by atoms with Gasteiger partial charge in [-0.05, 0) is 48.2 Å². The molecule has 4 rings (SSSR count). The monoisotopic (exact) mass is 415 g/mol. The molecule has 1 atom stereocenters. The molecule has 1 amide bonds. The van der Waals surface area contributed by atoms with Crippen molar-refractivity contribution in [1.29, 1.82) is 0 Å². The van der Waals surface area contributed by atoms with Crippen molar-refractivity contribution in [3.8, 4) is 0 Å². The van der Waals surface area contributed by atoms with E-state index in [1.807, 2.05) is 35.2 Å². The maximum absolute atomic E-state index is 13.1. The molecule has 2 heterocycles. The number of sulfonamides is 1. The van der Waals surface area contributed by atoms with Crippen LogP contribution in [0.25, 0.3) is 10.8 Å². The first-order chi connectivity index (χ1) is 13.9. The Bertz CT molecular complexity index is 984. The number of fused-ring (bicyclic) bond motifs is 1. The number of piperazine rings is 1. The minimum Gasteiger partial charge on any atom is -0.339 e. The predicted molar refractivity (Wildman–Crippen MR) is 114 cm³/mol. The van der Waals surface area contributed by atoms with Crippen LogP contribution in [0.2, 0.25) is 0 Å². The highest BCUT2D eigenvalue weighted by Crippen LogP contribution is 2.23. The second kappa shape index (κ2) is 8.42. The Morgan fingerprint density at radius 1 is 1.00 bits per heavy atom. The first-order valence-corrected chi connectivity index (χ1v) is 11.9. The Balaban J connectivity index is 1.38. The highest BCUT2D eigenvalue weighted by molar-refractivity contribution is 7.89.